The minimum Gasteiger partial charge on any atom is -0.493 e. The third-order valence-electron chi connectivity index (χ3n) is 1.65. The highest BCUT2D eigenvalue weighted by atomic mass is 32.2. The maximum absolute atomic E-state index is 10.9. The zero-order valence-corrected chi connectivity index (χ0v) is 9.45. The monoisotopic (exact) mass is 246 g/mol. The molecule has 88 valence electrons. The molecule has 0 unspecified atom stereocenters. The van der Waals surface area contributed by atoms with E-state index in [1.807, 2.05) is 0 Å². The highest BCUT2D eigenvalue weighted by Crippen LogP contribution is 2.28. The van der Waals surface area contributed by atoms with E-state index < -0.39 is 16.1 Å². The van der Waals surface area contributed by atoms with Gasteiger partial charge < -0.3 is 14.0 Å². The minimum atomic E-state index is -3.67. The Kier molecular flexibility index (Phi) is 3.38. The van der Waals surface area contributed by atoms with Crippen LogP contribution in [0.25, 0.3) is 0 Å². The van der Waals surface area contributed by atoms with E-state index in [1.54, 1.807) is 0 Å². The van der Waals surface area contributed by atoms with Crippen LogP contribution in [0.2, 0.25) is 0 Å². The van der Waals surface area contributed by atoms with Crippen LogP contribution in [0.3, 0.4) is 0 Å². The van der Waals surface area contributed by atoms with Gasteiger partial charge in [0, 0.05) is 0 Å². The Hall–Kier alpha value is -1.76. The van der Waals surface area contributed by atoms with Crippen LogP contribution < -0.4 is 8.92 Å². The van der Waals surface area contributed by atoms with E-state index in [-0.39, 0.29) is 17.1 Å². The maximum atomic E-state index is 10.9. The quantitative estimate of drug-likeness (QED) is 0.788. The Morgan fingerprint density at radius 2 is 1.94 bits per heavy atom. The summed E-state index contributed by atoms with van der Waals surface area (Å²) in [5.41, 5.74) is -0.0160. The predicted molar refractivity (Wildman–Crippen MR) is 55.4 cm³/mol. The summed E-state index contributed by atoms with van der Waals surface area (Å²) in [5.74, 6) is -1.13. The van der Waals surface area contributed by atoms with Crippen LogP contribution >= 0.6 is 0 Å². The molecule has 16 heavy (non-hydrogen) atoms. The van der Waals surface area contributed by atoms with Crippen molar-refractivity contribution in [3.63, 3.8) is 0 Å². The van der Waals surface area contributed by atoms with Gasteiger partial charge in [-0.05, 0) is 18.2 Å². The highest BCUT2D eigenvalue weighted by molar-refractivity contribution is 7.86. The van der Waals surface area contributed by atoms with Gasteiger partial charge in [-0.25, -0.2) is 4.79 Å². The summed E-state index contributed by atoms with van der Waals surface area (Å²) in [7, 11) is -2.38. The van der Waals surface area contributed by atoms with Crippen molar-refractivity contribution in [1.29, 1.82) is 0 Å². The van der Waals surface area contributed by atoms with Gasteiger partial charge in [-0.3, -0.25) is 0 Å². The molecule has 0 aromatic heterocycles. The van der Waals surface area contributed by atoms with Crippen LogP contribution in [0.1, 0.15) is 10.4 Å². The van der Waals surface area contributed by atoms with Gasteiger partial charge >= 0.3 is 16.1 Å². The van der Waals surface area contributed by atoms with Crippen molar-refractivity contribution < 1.29 is 27.2 Å². The Morgan fingerprint density at radius 3 is 2.38 bits per heavy atom. The number of carboxylic acid groups (broad SMARTS) is 1. The fourth-order valence-corrected chi connectivity index (χ4v) is 1.50. The van der Waals surface area contributed by atoms with E-state index in [0.717, 1.165) is 6.26 Å². The van der Waals surface area contributed by atoms with Crippen LogP contribution in [0.15, 0.2) is 18.2 Å². The number of carbonyl (C=O) groups is 1. The van der Waals surface area contributed by atoms with Crippen molar-refractivity contribution in [2.45, 2.75) is 0 Å². The summed E-state index contributed by atoms with van der Waals surface area (Å²) >= 11 is 0. The fraction of sp³-hybridized carbons (Fsp3) is 0.222. The lowest BCUT2D eigenvalue weighted by atomic mass is 10.2. The van der Waals surface area contributed by atoms with E-state index in [9.17, 15) is 13.2 Å². The van der Waals surface area contributed by atoms with Gasteiger partial charge in [-0.15, -0.1) is 0 Å². The SMILES string of the molecule is COc1cc(C(=O)O)ccc1OS(C)(=O)=O. The molecule has 0 saturated carbocycles. The Balaban J connectivity index is 3.17. The summed E-state index contributed by atoms with van der Waals surface area (Å²) in [6.07, 6.45) is 0.886. The maximum Gasteiger partial charge on any atom is 0.335 e. The standard InChI is InChI=1S/C9H10O6S/c1-14-8-5-6(9(10)11)3-4-7(8)15-16(2,12)13/h3-5H,1-2H3,(H,10,11). The predicted octanol–water partition coefficient (Wildman–Crippen LogP) is 0.732. The minimum absolute atomic E-state index is 0.0160. The molecule has 0 saturated heterocycles. The molecule has 0 fully saturated rings. The number of hydrogen-bond donors (Lipinski definition) is 1. The van der Waals surface area contributed by atoms with E-state index in [1.165, 1.54) is 25.3 Å². The zero-order valence-electron chi connectivity index (χ0n) is 8.63. The van der Waals surface area contributed by atoms with Gasteiger partial charge in [-0.1, -0.05) is 0 Å². The first-order valence-electron chi connectivity index (χ1n) is 4.14. The number of aromatic carboxylic acids is 1. The van der Waals surface area contributed by atoms with Gasteiger partial charge in [0.15, 0.2) is 11.5 Å². The van der Waals surface area contributed by atoms with Crippen LogP contribution in [0.4, 0.5) is 0 Å². The van der Waals surface area contributed by atoms with Crippen LogP contribution in [0, 0.1) is 0 Å². The van der Waals surface area contributed by atoms with E-state index in [2.05, 4.69) is 4.18 Å². The molecule has 1 aromatic rings. The molecule has 6 nitrogen and oxygen atoms in total. The molecule has 0 aliphatic carbocycles. The lowest BCUT2D eigenvalue weighted by Gasteiger charge is -2.08. The molecular weight excluding hydrogens is 236 g/mol. The Labute approximate surface area is 92.5 Å². The first-order chi connectivity index (χ1) is 7.33. The third kappa shape index (κ3) is 3.13. The largest absolute Gasteiger partial charge is 0.493 e. The summed E-state index contributed by atoms with van der Waals surface area (Å²) in [6, 6.07) is 3.64. The van der Waals surface area contributed by atoms with Crippen molar-refractivity contribution >= 4 is 16.1 Å². The second-order valence-electron chi connectivity index (χ2n) is 2.96. The molecule has 7 heteroatoms. The molecule has 0 radical (unpaired) electrons. The molecule has 0 heterocycles. The van der Waals surface area contributed by atoms with Crippen LogP contribution in [-0.4, -0.2) is 32.9 Å². The summed E-state index contributed by atoms with van der Waals surface area (Å²) in [5, 5.41) is 8.71. The van der Waals surface area contributed by atoms with Gasteiger partial charge in [-0.2, -0.15) is 8.42 Å². The lowest BCUT2D eigenvalue weighted by molar-refractivity contribution is 0.0696. The van der Waals surface area contributed by atoms with E-state index >= 15 is 0 Å². The molecule has 0 bridgehead atoms. The number of hydrogen-bond acceptors (Lipinski definition) is 5. The average Bonchev–Trinajstić information content (AvgIpc) is 2.15. The molecule has 0 atom stereocenters. The lowest BCUT2D eigenvalue weighted by Crippen LogP contribution is -2.07. The normalized spacial score (nSPS) is 10.9. The second-order valence-corrected chi connectivity index (χ2v) is 4.53. The smallest absolute Gasteiger partial charge is 0.335 e. The molecule has 1 N–H and O–H groups in total. The van der Waals surface area contributed by atoms with Crippen molar-refractivity contribution in [2.75, 3.05) is 13.4 Å². The van der Waals surface area contributed by atoms with Gasteiger partial charge in [0.25, 0.3) is 0 Å². The van der Waals surface area contributed by atoms with E-state index in [0.29, 0.717) is 0 Å². The van der Waals surface area contributed by atoms with Gasteiger partial charge in [0.2, 0.25) is 0 Å². The van der Waals surface area contributed by atoms with Crippen molar-refractivity contribution in [1.82, 2.24) is 0 Å². The molecule has 1 aromatic carbocycles. The molecule has 0 spiro atoms. The topological polar surface area (TPSA) is 89.9 Å². The Bertz CT molecular complexity index is 505. The summed E-state index contributed by atoms with van der Waals surface area (Å²) < 4.78 is 31.2. The summed E-state index contributed by atoms with van der Waals surface area (Å²) in [6.45, 7) is 0. The average molecular weight is 246 g/mol. The number of methoxy groups -OCH3 is 1. The fourth-order valence-electron chi connectivity index (χ4n) is 1.03. The highest BCUT2D eigenvalue weighted by Gasteiger charge is 2.13. The molecule has 0 aliphatic rings. The van der Waals surface area contributed by atoms with Gasteiger partial charge in [0.1, 0.15) is 0 Å². The Morgan fingerprint density at radius 1 is 1.31 bits per heavy atom. The summed E-state index contributed by atoms with van der Waals surface area (Å²) in [4.78, 5) is 10.7. The molecule has 0 aliphatic heterocycles. The van der Waals surface area contributed by atoms with Crippen molar-refractivity contribution in [3.8, 4) is 11.5 Å². The van der Waals surface area contributed by atoms with Crippen LogP contribution in [-0.2, 0) is 10.1 Å². The first-order valence-corrected chi connectivity index (χ1v) is 5.96. The zero-order chi connectivity index (χ0) is 12.3. The second kappa shape index (κ2) is 4.40. The molecular formula is C9H10O6S. The van der Waals surface area contributed by atoms with Crippen molar-refractivity contribution in [3.05, 3.63) is 23.8 Å². The number of rotatable bonds is 4. The third-order valence-corrected chi connectivity index (χ3v) is 2.13. The molecule has 1 rings (SSSR count). The number of ether oxygens (including phenoxy) is 1. The number of carboxylic acids is 1. The number of benzene rings is 1. The van der Waals surface area contributed by atoms with Crippen molar-refractivity contribution in [2.24, 2.45) is 0 Å². The van der Waals surface area contributed by atoms with Gasteiger partial charge in [0.05, 0.1) is 18.9 Å². The first kappa shape index (κ1) is 12.3. The van der Waals surface area contributed by atoms with Crippen LogP contribution in [0.5, 0.6) is 11.5 Å². The van der Waals surface area contributed by atoms with E-state index in [4.69, 9.17) is 9.84 Å². The molecule has 0 amide bonds.